The van der Waals surface area contributed by atoms with Gasteiger partial charge in [-0.05, 0) is 30.7 Å². The Balaban J connectivity index is 1.48. The van der Waals surface area contributed by atoms with Gasteiger partial charge in [-0.1, -0.05) is 6.92 Å². The molecule has 2 heterocycles. The number of hydrogen-bond acceptors (Lipinski definition) is 7. The van der Waals surface area contributed by atoms with Crippen LogP contribution in [0, 0.1) is 0 Å². The largest absolute Gasteiger partial charge is 0.497 e. The Bertz CT molecular complexity index is 754. The first kappa shape index (κ1) is 20.3. The molecule has 0 aliphatic carbocycles. The van der Waals surface area contributed by atoms with Crippen LogP contribution < -0.4 is 10.1 Å². The van der Waals surface area contributed by atoms with Crippen molar-refractivity contribution >= 4 is 11.6 Å². The number of methoxy groups -OCH3 is 1. The lowest BCUT2D eigenvalue weighted by Crippen LogP contribution is -2.48. The third-order valence-corrected chi connectivity index (χ3v) is 4.90. The number of piperazine rings is 1. The minimum Gasteiger partial charge on any atom is -0.497 e. The van der Waals surface area contributed by atoms with Gasteiger partial charge in [0.2, 0.25) is 5.89 Å². The number of rotatable bonds is 8. The summed E-state index contributed by atoms with van der Waals surface area (Å²) in [5.41, 5.74) is 0.927. The maximum atomic E-state index is 12.3. The van der Waals surface area contributed by atoms with E-state index >= 15 is 0 Å². The van der Waals surface area contributed by atoms with Crippen molar-refractivity contribution in [3.05, 3.63) is 42.1 Å². The molecule has 8 nitrogen and oxygen atoms in total. The molecule has 8 heteroatoms. The first-order valence-corrected chi connectivity index (χ1v) is 9.60. The fourth-order valence-electron chi connectivity index (χ4n) is 3.11. The smallest absolute Gasteiger partial charge is 0.277 e. The first-order chi connectivity index (χ1) is 13.6. The summed E-state index contributed by atoms with van der Waals surface area (Å²) in [5, 5.41) is 12.6. The van der Waals surface area contributed by atoms with Gasteiger partial charge in [0.25, 0.3) is 5.91 Å². The van der Waals surface area contributed by atoms with Gasteiger partial charge in [-0.3, -0.25) is 14.6 Å². The van der Waals surface area contributed by atoms with E-state index in [1.54, 1.807) is 31.4 Å². The van der Waals surface area contributed by atoms with Gasteiger partial charge in [0.15, 0.2) is 5.69 Å². The minimum absolute atomic E-state index is 0.259. The molecule has 2 N–H and O–H groups in total. The third kappa shape index (κ3) is 5.54. The molecule has 1 aromatic heterocycles. The molecule has 3 rings (SSSR count). The number of aliphatic hydroxyl groups is 1. The van der Waals surface area contributed by atoms with Crippen LogP contribution in [0.15, 0.2) is 34.9 Å². The Morgan fingerprint density at radius 2 is 1.93 bits per heavy atom. The van der Waals surface area contributed by atoms with Crippen LogP contribution in [0.5, 0.6) is 5.75 Å². The van der Waals surface area contributed by atoms with E-state index in [0.29, 0.717) is 18.1 Å². The third-order valence-electron chi connectivity index (χ3n) is 4.90. The number of carbonyl (C=O) groups is 1. The van der Waals surface area contributed by atoms with E-state index in [-0.39, 0.29) is 17.7 Å². The number of nitrogens with zero attached hydrogens (tertiary/aromatic N) is 3. The number of carbonyl (C=O) groups excluding carboxylic acids is 1. The molecule has 1 aliphatic rings. The molecule has 1 aromatic carbocycles. The average Bonchev–Trinajstić information content (AvgIpc) is 3.18. The van der Waals surface area contributed by atoms with Crippen molar-refractivity contribution < 1.29 is 19.1 Å². The Morgan fingerprint density at radius 3 is 2.57 bits per heavy atom. The number of nitrogens with one attached hydrogen (secondary N) is 1. The number of ether oxygens (including phenoxy) is 1. The quantitative estimate of drug-likeness (QED) is 0.713. The highest BCUT2D eigenvalue weighted by atomic mass is 16.5. The summed E-state index contributed by atoms with van der Waals surface area (Å²) in [6.07, 6.45) is 1.91. The molecule has 1 aliphatic heterocycles. The summed E-state index contributed by atoms with van der Waals surface area (Å²) >= 11 is 0. The lowest BCUT2D eigenvalue weighted by atomic mass is 10.2. The molecule has 28 heavy (non-hydrogen) atoms. The maximum absolute atomic E-state index is 12.3. The van der Waals surface area contributed by atoms with Crippen molar-refractivity contribution in [1.29, 1.82) is 0 Å². The van der Waals surface area contributed by atoms with Crippen LogP contribution in [-0.2, 0) is 6.54 Å². The Kier molecular flexibility index (Phi) is 7.02. The van der Waals surface area contributed by atoms with Crippen LogP contribution in [0.2, 0.25) is 0 Å². The van der Waals surface area contributed by atoms with Gasteiger partial charge in [-0.15, -0.1) is 0 Å². The van der Waals surface area contributed by atoms with Crippen LogP contribution in [-0.4, -0.2) is 71.7 Å². The Morgan fingerprint density at radius 1 is 1.25 bits per heavy atom. The summed E-state index contributed by atoms with van der Waals surface area (Å²) in [6.45, 7) is 6.86. The van der Waals surface area contributed by atoms with Crippen molar-refractivity contribution in [2.45, 2.75) is 26.0 Å². The summed E-state index contributed by atoms with van der Waals surface area (Å²) < 4.78 is 10.6. The predicted octanol–water partition coefficient (Wildman–Crippen LogP) is 1.82. The van der Waals surface area contributed by atoms with E-state index in [2.05, 4.69) is 20.1 Å². The molecule has 2 aromatic rings. The summed E-state index contributed by atoms with van der Waals surface area (Å²) in [5.74, 6) is 0.950. The van der Waals surface area contributed by atoms with Crippen molar-refractivity contribution in [2.75, 3.05) is 45.2 Å². The molecule has 1 saturated heterocycles. The average molecular weight is 388 g/mol. The zero-order chi connectivity index (χ0) is 19.9. The second-order valence-electron chi connectivity index (χ2n) is 6.95. The fraction of sp³-hybridized carbons (Fsp3) is 0.500. The number of hydrogen-bond donors (Lipinski definition) is 2. The zero-order valence-electron chi connectivity index (χ0n) is 16.4. The highest BCUT2D eigenvalue weighted by molar-refractivity contribution is 6.02. The van der Waals surface area contributed by atoms with E-state index in [4.69, 9.17) is 9.15 Å². The molecule has 1 amide bonds. The number of anilines is 1. The molecule has 152 valence electrons. The topological polar surface area (TPSA) is 91.1 Å². The van der Waals surface area contributed by atoms with Crippen molar-refractivity contribution in [3.63, 3.8) is 0 Å². The van der Waals surface area contributed by atoms with Crippen LogP contribution >= 0.6 is 0 Å². The van der Waals surface area contributed by atoms with E-state index < -0.39 is 0 Å². The molecule has 0 saturated carbocycles. The van der Waals surface area contributed by atoms with Gasteiger partial charge in [0.05, 0.1) is 19.8 Å². The van der Waals surface area contributed by atoms with Gasteiger partial charge < -0.3 is 19.6 Å². The van der Waals surface area contributed by atoms with Gasteiger partial charge in [0, 0.05) is 38.4 Å². The number of aliphatic hydroxyl groups excluding tert-OH is 1. The molecule has 1 unspecified atom stereocenters. The molecule has 0 spiro atoms. The van der Waals surface area contributed by atoms with Crippen LogP contribution in [0.1, 0.15) is 29.7 Å². The molecular formula is C20H28N4O4. The van der Waals surface area contributed by atoms with E-state index in [9.17, 15) is 9.90 Å². The predicted molar refractivity (Wildman–Crippen MR) is 105 cm³/mol. The first-order valence-electron chi connectivity index (χ1n) is 9.60. The lowest BCUT2D eigenvalue weighted by Gasteiger charge is -2.34. The second kappa shape index (κ2) is 9.68. The monoisotopic (exact) mass is 388 g/mol. The van der Waals surface area contributed by atoms with E-state index in [1.165, 1.54) is 6.26 Å². The van der Waals surface area contributed by atoms with E-state index in [0.717, 1.165) is 44.9 Å². The lowest BCUT2D eigenvalue weighted by molar-refractivity contribution is 0.0658. The number of oxazole rings is 1. The van der Waals surface area contributed by atoms with E-state index in [1.807, 2.05) is 6.92 Å². The fourth-order valence-corrected chi connectivity index (χ4v) is 3.11. The molecule has 1 fully saturated rings. The Hall–Kier alpha value is -2.42. The highest BCUT2D eigenvalue weighted by Crippen LogP contribution is 2.16. The molecule has 1 atom stereocenters. The Labute approximate surface area is 165 Å². The number of β-amino-alcohol motifs (C(OH)–C–C–N with tert-alkyl or cyclic N) is 1. The highest BCUT2D eigenvalue weighted by Gasteiger charge is 2.21. The standard InChI is InChI=1S/C20H28N4O4/c1-3-16(25)12-23-8-10-24(11-9-23)13-19-22-18(14-28-19)20(26)21-15-4-6-17(27-2)7-5-15/h4-7,14,16,25H,3,8-13H2,1-2H3,(H,21,26). The summed E-state index contributed by atoms with van der Waals surface area (Å²) in [7, 11) is 1.60. The summed E-state index contributed by atoms with van der Waals surface area (Å²) in [4.78, 5) is 21.2. The van der Waals surface area contributed by atoms with Crippen LogP contribution in [0.25, 0.3) is 0 Å². The van der Waals surface area contributed by atoms with Crippen molar-refractivity contribution in [3.8, 4) is 5.75 Å². The van der Waals surface area contributed by atoms with Crippen molar-refractivity contribution in [2.24, 2.45) is 0 Å². The summed E-state index contributed by atoms with van der Waals surface area (Å²) in [6, 6.07) is 7.10. The van der Waals surface area contributed by atoms with Gasteiger partial charge in [0.1, 0.15) is 12.0 Å². The van der Waals surface area contributed by atoms with Gasteiger partial charge in [-0.2, -0.15) is 0 Å². The van der Waals surface area contributed by atoms with Crippen LogP contribution in [0.3, 0.4) is 0 Å². The number of benzene rings is 1. The molecule has 0 radical (unpaired) electrons. The molecule has 0 bridgehead atoms. The van der Waals surface area contributed by atoms with Crippen LogP contribution in [0.4, 0.5) is 5.69 Å². The molecular weight excluding hydrogens is 360 g/mol. The zero-order valence-corrected chi connectivity index (χ0v) is 16.4. The number of amides is 1. The maximum Gasteiger partial charge on any atom is 0.277 e. The normalized spacial score (nSPS) is 16.7. The second-order valence-corrected chi connectivity index (χ2v) is 6.95. The SMILES string of the molecule is CCC(O)CN1CCN(Cc2nc(C(=O)Nc3ccc(OC)cc3)co2)CC1. The van der Waals surface area contributed by atoms with Gasteiger partial charge >= 0.3 is 0 Å². The number of aromatic nitrogens is 1. The van der Waals surface area contributed by atoms with Gasteiger partial charge in [-0.25, -0.2) is 4.98 Å². The minimum atomic E-state index is -0.307. The van der Waals surface area contributed by atoms with Crippen molar-refractivity contribution in [1.82, 2.24) is 14.8 Å².